The largest absolute Gasteiger partial charge is 0.337 e. The van der Waals surface area contributed by atoms with Crippen LogP contribution in [0.4, 0.5) is 11.4 Å². The molecule has 2 heteroatoms. The summed E-state index contributed by atoms with van der Waals surface area (Å²) < 4.78 is 0. The molecule has 0 spiro atoms. The third-order valence-electron chi connectivity index (χ3n) is 3.27. The minimum atomic E-state index is 0. The highest BCUT2D eigenvalue weighted by Gasteiger charge is 2.16. The van der Waals surface area contributed by atoms with Crippen molar-refractivity contribution in [1.82, 2.24) is 0 Å². The Kier molecular flexibility index (Phi) is 3.73. The van der Waals surface area contributed by atoms with Crippen LogP contribution in [0.25, 0.3) is 5.57 Å². The summed E-state index contributed by atoms with van der Waals surface area (Å²) in [5.41, 5.74) is 5.26. The van der Waals surface area contributed by atoms with Crippen LogP contribution >= 0.6 is 12.4 Å². The van der Waals surface area contributed by atoms with Gasteiger partial charge in [-0.15, -0.1) is 12.4 Å². The van der Waals surface area contributed by atoms with E-state index in [1.54, 1.807) is 0 Å². The zero-order valence-electron chi connectivity index (χ0n) is 10.3. The number of fused-ring (bicyclic) bond motifs is 1. The van der Waals surface area contributed by atoms with Gasteiger partial charge in [-0.05, 0) is 30.7 Å². The molecule has 0 saturated heterocycles. The number of allylic oxidation sites excluding steroid dienone is 1. The smallest absolute Gasteiger partial charge is 0.0489 e. The van der Waals surface area contributed by atoms with Crippen LogP contribution in [0.5, 0.6) is 0 Å². The Bertz CT molecular complexity index is 560. The van der Waals surface area contributed by atoms with Gasteiger partial charge in [0.25, 0.3) is 0 Å². The molecular weight excluding hydrogens is 242 g/mol. The quantitative estimate of drug-likeness (QED) is 0.718. The Balaban J connectivity index is 0.00000120. The van der Waals surface area contributed by atoms with E-state index in [4.69, 9.17) is 0 Å². The topological polar surface area (TPSA) is 3.24 Å². The van der Waals surface area contributed by atoms with Crippen LogP contribution in [-0.4, -0.2) is 6.54 Å². The first-order chi connectivity index (χ1) is 8.36. The maximum absolute atomic E-state index is 2.35. The predicted octanol–water partition coefficient (Wildman–Crippen LogP) is 4.66. The van der Waals surface area contributed by atoms with Crippen LogP contribution in [0.1, 0.15) is 12.5 Å². The van der Waals surface area contributed by atoms with Crippen molar-refractivity contribution in [3.63, 3.8) is 0 Å². The molecule has 2 aromatic rings. The zero-order chi connectivity index (χ0) is 11.7. The average molecular weight is 258 g/mol. The van der Waals surface area contributed by atoms with Gasteiger partial charge in [-0.25, -0.2) is 0 Å². The summed E-state index contributed by atoms with van der Waals surface area (Å²) in [6.45, 7) is 3.13. The second-order valence-electron chi connectivity index (χ2n) is 4.35. The third-order valence-corrected chi connectivity index (χ3v) is 3.27. The van der Waals surface area contributed by atoms with Gasteiger partial charge < -0.3 is 4.90 Å². The van der Waals surface area contributed by atoms with Crippen molar-refractivity contribution in [2.24, 2.45) is 0 Å². The minimum absolute atomic E-state index is 0. The van der Waals surface area contributed by atoms with Crippen molar-refractivity contribution in [2.75, 3.05) is 11.4 Å². The maximum atomic E-state index is 2.35. The Morgan fingerprint density at radius 3 is 2.33 bits per heavy atom. The average Bonchev–Trinajstić information content (AvgIpc) is 2.41. The number of halogens is 1. The number of benzene rings is 2. The summed E-state index contributed by atoms with van der Waals surface area (Å²) in [6, 6.07) is 19.1. The van der Waals surface area contributed by atoms with Gasteiger partial charge >= 0.3 is 0 Å². The van der Waals surface area contributed by atoms with Crippen LogP contribution in [-0.2, 0) is 0 Å². The summed E-state index contributed by atoms with van der Waals surface area (Å²) >= 11 is 0. The van der Waals surface area contributed by atoms with Gasteiger partial charge in [0.2, 0.25) is 0 Å². The summed E-state index contributed by atoms with van der Waals surface area (Å²) in [5, 5.41) is 0. The summed E-state index contributed by atoms with van der Waals surface area (Å²) in [5.74, 6) is 0. The lowest BCUT2D eigenvalue weighted by molar-refractivity contribution is 1.07. The predicted molar refractivity (Wildman–Crippen MR) is 80.8 cm³/mol. The lowest BCUT2D eigenvalue weighted by atomic mass is 10.00. The highest BCUT2D eigenvalue weighted by Crippen LogP contribution is 2.35. The number of hydrogen-bond donors (Lipinski definition) is 0. The fourth-order valence-electron chi connectivity index (χ4n) is 2.33. The van der Waals surface area contributed by atoms with Crippen LogP contribution < -0.4 is 4.90 Å². The van der Waals surface area contributed by atoms with Crippen LogP contribution in [0.3, 0.4) is 0 Å². The van der Waals surface area contributed by atoms with Gasteiger partial charge in [0.15, 0.2) is 0 Å². The molecule has 3 rings (SSSR count). The van der Waals surface area contributed by atoms with E-state index in [0.29, 0.717) is 0 Å². The van der Waals surface area contributed by atoms with E-state index in [-0.39, 0.29) is 12.4 Å². The molecule has 0 saturated carbocycles. The summed E-state index contributed by atoms with van der Waals surface area (Å²) in [6.07, 6.45) is 2.29. The van der Waals surface area contributed by atoms with Gasteiger partial charge in [0.05, 0.1) is 0 Å². The molecule has 0 radical (unpaired) electrons. The van der Waals surface area contributed by atoms with Gasteiger partial charge in [0.1, 0.15) is 0 Å². The standard InChI is InChI=1S/C16H15N.ClH/c1-13-11-12-17(14-7-3-2-4-8-14)16-10-6-5-9-15(13)16;/h2-11H,12H2,1H3;1H. The molecule has 0 fully saturated rings. The van der Waals surface area contributed by atoms with Crippen LogP contribution in [0, 0.1) is 0 Å². The number of rotatable bonds is 1. The number of hydrogen-bond acceptors (Lipinski definition) is 1. The molecule has 0 atom stereocenters. The summed E-state index contributed by atoms with van der Waals surface area (Å²) in [7, 11) is 0. The Morgan fingerprint density at radius 1 is 0.889 bits per heavy atom. The number of nitrogens with zero attached hydrogens (tertiary/aromatic N) is 1. The molecule has 92 valence electrons. The monoisotopic (exact) mass is 257 g/mol. The zero-order valence-corrected chi connectivity index (χ0v) is 11.2. The molecule has 18 heavy (non-hydrogen) atoms. The van der Waals surface area contributed by atoms with Crippen LogP contribution in [0.2, 0.25) is 0 Å². The maximum Gasteiger partial charge on any atom is 0.0489 e. The summed E-state index contributed by atoms with van der Waals surface area (Å²) in [4.78, 5) is 2.35. The molecule has 0 aromatic heterocycles. The fourth-order valence-corrected chi connectivity index (χ4v) is 2.33. The van der Waals surface area contributed by atoms with E-state index in [9.17, 15) is 0 Å². The molecule has 1 aliphatic rings. The van der Waals surface area contributed by atoms with E-state index in [0.717, 1.165) is 6.54 Å². The van der Waals surface area contributed by atoms with Gasteiger partial charge in [0, 0.05) is 23.5 Å². The van der Waals surface area contributed by atoms with E-state index in [1.807, 2.05) is 0 Å². The SMILES string of the molecule is CC1=CCN(c2ccccc2)c2ccccc21.Cl. The number of para-hydroxylation sites is 2. The van der Waals surface area contributed by atoms with E-state index in [1.165, 1.54) is 22.5 Å². The van der Waals surface area contributed by atoms with E-state index < -0.39 is 0 Å². The Labute approximate surface area is 114 Å². The molecule has 1 nitrogen and oxygen atoms in total. The first-order valence-electron chi connectivity index (χ1n) is 5.95. The lowest BCUT2D eigenvalue weighted by Gasteiger charge is -2.30. The first-order valence-corrected chi connectivity index (χ1v) is 5.95. The van der Waals surface area contributed by atoms with Crippen molar-refractivity contribution in [3.05, 3.63) is 66.2 Å². The molecule has 1 aliphatic heterocycles. The molecule has 0 unspecified atom stereocenters. The first kappa shape index (κ1) is 12.7. The highest BCUT2D eigenvalue weighted by atomic mass is 35.5. The van der Waals surface area contributed by atoms with Gasteiger partial charge in [-0.2, -0.15) is 0 Å². The van der Waals surface area contributed by atoms with Crippen molar-refractivity contribution < 1.29 is 0 Å². The van der Waals surface area contributed by atoms with Crippen LogP contribution in [0.15, 0.2) is 60.7 Å². The molecular formula is C16H16ClN. The van der Waals surface area contributed by atoms with Gasteiger partial charge in [-0.3, -0.25) is 0 Å². The Hall–Kier alpha value is -1.73. The van der Waals surface area contributed by atoms with Gasteiger partial charge in [-0.1, -0.05) is 42.5 Å². The lowest BCUT2D eigenvalue weighted by Crippen LogP contribution is -2.21. The molecule has 0 bridgehead atoms. The molecule has 2 aromatic carbocycles. The van der Waals surface area contributed by atoms with E-state index >= 15 is 0 Å². The van der Waals surface area contributed by atoms with Crippen molar-refractivity contribution >= 4 is 29.4 Å². The third kappa shape index (κ3) is 2.14. The fraction of sp³-hybridized carbons (Fsp3) is 0.125. The highest BCUT2D eigenvalue weighted by molar-refractivity contribution is 5.85. The van der Waals surface area contributed by atoms with Crippen molar-refractivity contribution in [3.8, 4) is 0 Å². The second-order valence-corrected chi connectivity index (χ2v) is 4.35. The molecule has 1 heterocycles. The molecule has 0 amide bonds. The molecule has 0 N–H and O–H groups in total. The minimum Gasteiger partial charge on any atom is -0.337 e. The van der Waals surface area contributed by atoms with Crippen molar-refractivity contribution in [1.29, 1.82) is 0 Å². The second kappa shape index (κ2) is 5.28. The Morgan fingerprint density at radius 2 is 1.56 bits per heavy atom. The molecule has 0 aliphatic carbocycles. The number of anilines is 2. The van der Waals surface area contributed by atoms with E-state index in [2.05, 4.69) is 72.5 Å². The van der Waals surface area contributed by atoms with Crippen molar-refractivity contribution in [2.45, 2.75) is 6.92 Å². The normalized spacial score (nSPS) is 13.4.